The molecule has 1 atom stereocenters. The molecular weight excluding hydrogens is 222 g/mol. The number of fused-ring (bicyclic) bond motifs is 1. The van der Waals surface area contributed by atoms with Crippen molar-refractivity contribution in [2.75, 3.05) is 0 Å². The van der Waals surface area contributed by atoms with Crippen LogP contribution in [0.15, 0.2) is 28.7 Å². The Bertz CT molecular complexity index is 562. The second kappa shape index (κ2) is 5.75. The number of aryl methyl sites for hydroxylation is 1. The molecule has 0 saturated heterocycles. The van der Waals surface area contributed by atoms with Crippen LogP contribution in [-0.2, 0) is 13.0 Å². The summed E-state index contributed by atoms with van der Waals surface area (Å²) >= 11 is 0. The summed E-state index contributed by atoms with van der Waals surface area (Å²) in [6, 6.07) is 8.28. The Morgan fingerprint density at radius 1 is 1.33 bits per heavy atom. The van der Waals surface area contributed by atoms with Crippen LogP contribution in [0.3, 0.4) is 0 Å². The molecule has 0 spiro atoms. The van der Waals surface area contributed by atoms with Crippen molar-refractivity contribution in [3.05, 3.63) is 35.6 Å². The van der Waals surface area contributed by atoms with E-state index in [1.807, 2.05) is 18.2 Å². The Hall–Kier alpha value is -1.72. The molecule has 0 aliphatic carbocycles. The molecule has 1 aromatic heterocycles. The maximum atomic E-state index is 5.86. The van der Waals surface area contributed by atoms with Gasteiger partial charge in [-0.3, -0.25) is 5.32 Å². The fourth-order valence-corrected chi connectivity index (χ4v) is 2.18. The lowest BCUT2D eigenvalue weighted by Gasteiger charge is -2.10. The quantitative estimate of drug-likeness (QED) is 0.810. The molecule has 2 nitrogen and oxygen atoms in total. The highest BCUT2D eigenvalue weighted by Crippen LogP contribution is 2.26. The van der Waals surface area contributed by atoms with Crippen molar-refractivity contribution >= 4 is 11.0 Å². The molecule has 2 aromatic rings. The molecule has 0 saturated carbocycles. The number of benzene rings is 1. The summed E-state index contributed by atoms with van der Waals surface area (Å²) in [5.74, 6) is 3.81. The lowest BCUT2D eigenvalue weighted by atomic mass is 10.1. The van der Waals surface area contributed by atoms with Gasteiger partial charge in [0.2, 0.25) is 0 Å². The van der Waals surface area contributed by atoms with Crippen molar-refractivity contribution in [3.8, 4) is 12.3 Å². The van der Waals surface area contributed by atoms with Crippen LogP contribution in [-0.4, -0.2) is 6.04 Å². The molecular formula is C16H19NO. The first-order chi connectivity index (χ1) is 8.80. The second-order valence-electron chi connectivity index (χ2n) is 4.36. The number of hydrogen-bond donors (Lipinski definition) is 1. The third kappa shape index (κ3) is 2.42. The molecule has 18 heavy (non-hydrogen) atoms. The van der Waals surface area contributed by atoms with Gasteiger partial charge in [-0.25, -0.2) is 0 Å². The first kappa shape index (κ1) is 12.7. The van der Waals surface area contributed by atoms with Crippen LogP contribution in [0.1, 0.15) is 31.6 Å². The zero-order chi connectivity index (χ0) is 13.0. The van der Waals surface area contributed by atoms with Gasteiger partial charge in [-0.1, -0.05) is 38.0 Å². The number of furan rings is 1. The summed E-state index contributed by atoms with van der Waals surface area (Å²) in [6.07, 6.45) is 7.31. The maximum absolute atomic E-state index is 5.86. The van der Waals surface area contributed by atoms with Crippen molar-refractivity contribution < 1.29 is 4.42 Å². The number of hydrogen-bond acceptors (Lipinski definition) is 2. The molecule has 1 heterocycles. The molecule has 1 aromatic carbocycles. The van der Waals surface area contributed by atoms with Gasteiger partial charge in [0.05, 0.1) is 6.04 Å². The number of rotatable bonds is 5. The van der Waals surface area contributed by atoms with Gasteiger partial charge in [-0.15, -0.1) is 6.42 Å². The Balaban J connectivity index is 2.28. The van der Waals surface area contributed by atoms with E-state index in [0.717, 1.165) is 30.7 Å². The number of nitrogens with one attached hydrogen (secondary N) is 1. The van der Waals surface area contributed by atoms with Crippen LogP contribution in [0.5, 0.6) is 0 Å². The molecule has 0 radical (unpaired) electrons. The van der Waals surface area contributed by atoms with Gasteiger partial charge >= 0.3 is 0 Å². The average molecular weight is 241 g/mol. The highest BCUT2D eigenvalue weighted by Gasteiger charge is 2.13. The standard InChI is InChI=1S/C16H19NO/c1-4-12(5-2)17-11-14-13-9-7-8-10-16(13)18-15(14)6-3/h1,7-10,12,17H,5-6,11H2,2-3H3. The summed E-state index contributed by atoms with van der Waals surface area (Å²) in [7, 11) is 0. The minimum Gasteiger partial charge on any atom is -0.461 e. The van der Waals surface area contributed by atoms with E-state index >= 15 is 0 Å². The lowest BCUT2D eigenvalue weighted by Crippen LogP contribution is -2.26. The van der Waals surface area contributed by atoms with Gasteiger partial charge < -0.3 is 4.42 Å². The topological polar surface area (TPSA) is 25.2 Å². The maximum Gasteiger partial charge on any atom is 0.134 e. The monoisotopic (exact) mass is 241 g/mol. The molecule has 1 unspecified atom stereocenters. The van der Waals surface area contributed by atoms with Gasteiger partial charge in [0, 0.05) is 23.9 Å². The normalized spacial score (nSPS) is 12.5. The number of para-hydroxylation sites is 1. The van der Waals surface area contributed by atoms with Crippen LogP contribution in [0.2, 0.25) is 0 Å². The lowest BCUT2D eigenvalue weighted by molar-refractivity contribution is 0.535. The van der Waals surface area contributed by atoms with Crippen LogP contribution in [0, 0.1) is 12.3 Å². The van der Waals surface area contributed by atoms with Crippen molar-refractivity contribution in [3.63, 3.8) is 0 Å². The highest BCUT2D eigenvalue weighted by molar-refractivity contribution is 5.82. The minimum absolute atomic E-state index is 0.128. The van der Waals surface area contributed by atoms with Crippen LogP contribution in [0.4, 0.5) is 0 Å². The highest BCUT2D eigenvalue weighted by atomic mass is 16.3. The van der Waals surface area contributed by atoms with E-state index in [9.17, 15) is 0 Å². The predicted molar refractivity (Wildman–Crippen MR) is 75.3 cm³/mol. The zero-order valence-corrected chi connectivity index (χ0v) is 11.0. The first-order valence-corrected chi connectivity index (χ1v) is 6.48. The molecule has 94 valence electrons. The summed E-state index contributed by atoms with van der Waals surface area (Å²) in [5.41, 5.74) is 2.20. The van der Waals surface area contributed by atoms with E-state index < -0.39 is 0 Å². The minimum atomic E-state index is 0.128. The van der Waals surface area contributed by atoms with Crippen LogP contribution < -0.4 is 5.32 Å². The Labute approximate surface area is 108 Å². The van der Waals surface area contributed by atoms with E-state index in [-0.39, 0.29) is 6.04 Å². The molecule has 0 bridgehead atoms. The zero-order valence-electron chi connectivity index (χ0n) is 11.0. The Morgan fingerprint density at radius 3 is 2.78 bits per heavy atom. The van der Waals surface area contributed by atoms with E-state index in [2.05, 4.69) is 31.2 Å². The average Bonchev–Trinajstić information content (AvgIpc) is 2.78. The summed E-state index contributed by atoms with van der Waals surface area (Å²) in [5, 5.41) is 4.58. The third-order valence-corrected chi connectivity index (χ3v) is 3.24. The van der Waals surface area contributed by atoms with Crippen molar-refractivity contribution in [2.45, 2.75) is 39.3 Å². The predicted octanol–water partition coefficient (Wildman–Crippen LogP) is 3.50. The molecule has 0 fully saturated rings. The van der Waals surface area contributed by atoms with Gasteiger partial charge in [0.15, 0.2) is 0 Å². The number of terminal acetylenes is 1. The van der Waals surface area contributed by atoms with Crippen LogP contribution in [0.25, 0.3) is 11.0 Å². The Kier molecular flexibility index (Phi) is 4.07. The summed E-state index contributed by atoms with van der Waals surface area (Å²) < 4.78 is 5.86. The van der Waals surface area contributed by atoms with Gasteiger partial charge in [0.1, 0.15) is 11.3 Å². The van der Waals surface area contributed by atoms with E-state index in [1.165, 1.54) is 10.9 Å². The van der Waals surface area contributed by atoms with Gasteiger partial charge in [-0.2, -0.15) is 0 Å². The van der Waals surface area contributed by atoms with Gasteiger partial charge in [0.25, 0.3) is 0 Å². The summed E-state index contributed by atoms with van der Waals surface area (Å²) in [4.78, 5) is 0. The van der Waals surface area contributed by atoms with Crippen molar-refractivity contribution in [1.29, 1.82) is 0 Å². The fraction of sp³-hybridized carbons (Fsp3) is 0.375. The van der Waals surface area contributed by atoms with E-state index in [0.29, 0.717) is 0 Å². The Morgan fingerprint density at radius 2 is 2.11 bits per heavy atom. The van der Waals surface area contributed by atoms with Crippen molar-refractivity contribution in [2.24, 2.45) is 0 Å². The summed E-state index contributed by atoms with van der Waals surface area (Å²) in [6.45, 7) is 4.97. The molecule has 0 aliphatic heterocycles. The third-order valence-electron chi connectivity index (χ3n) is 3.24. The molecule has 2 rings (SSSR count). The molecule has 0 amide bonds. The largest absolute Gasteiger partial charge is 0.461 e. The molecule has 0 aliphatic rings. The SMILES string of the molecule is C#CC(CC)NCc1c(CC)oc2ccccc12. The van der Waals surface area contributed by atoms with Crippen LogP contribution >= 0.6 is 0 Å². The van der Waals surface area contributed by atoms with Gasteiger partial charge in [-0.05, 0) is 12.5 Å². The smallest absolute Gasteiger partial charge is 0.134 e. The molecule has 2 heteroatoms. The first-order valence-electron chi connectivity index (χ1n) is 6.48. The van der Waals surface area contributed by atoms with E-state index in [4.69, 9.17) is 10.8 Å². The fourth-order valence-electron chi connectivity index (χ4n) is 2.18. The second-order valence-corrected chi connectivity index (χ2v) is 4.36. The molecule has 1 N–H and O–H groups in total. The van der Waals surface area contributed by atoms with E-state index in [1.54, 1.807) is 0 Å². The van der Waals surface area contributed by atoms with Crippen molar-refractivity contribution in [1.82, 2.24) is 5.32 Å².